The van der Waals surface area contributed by atoms with E-state index in [1.54, 1.807) is 0 Å². The van der Waals surface area contributed by atoms with Gasteiger partial charge in [-0.3, -0.25) is 0 Å². The van der Waals surface area contributed by atoms with Gasteiger partial charge in [0, 0.05) is 0 Å². The van der Waals surface area contributed by atoms with Crippen LogP contribution in [0.15, 0.2) is 12.4 Å². The van der Waals surface area contributed by atoms with Crippen LogP contribution >= 0.6 is 0 Å². The fourth-order valence-corrected chi connectivity index (χ4v) is 1.23. The van der Waals surface area contributed by atoms with E-state index in [1.165, 1.54) is 4.35 Å². The molecule has 0 aromatic carbocycles. The van der Waals surface area contributed by atoms with Gasteiger partial charge in [0.05, 0.1) is 0 Å². The third-order valence-corrected chi connectivity index (χ3v) is 1.93. The summed E-state index contributed by atoms with van der Waals surface area (Å²) >= 11 is 2.54. The second kappa shape index (κ2) is 3.26. The minimum atomic E-state index is 0.595. The van der Waals surface area contributed by atoms with Crippen LogP contribution in [0, 0.1) is 0 Å². The van der Waals surface area contributed by atoms with Gasteiger partial charge in [0.1, 0.15) is 0 Å². The van der Waals surface area contributed by atoms with E-state index < -0.39 is 0 Å². The Hall–Kier alpha value is -0.206. The summed E-state index contributed by atoms with van der Waals surface area (Å²) in [6.07, 6.45) is 4.05. The van der Waals surface area contributed by atoms with E-state index in [0.717, 1.165) is 6.54 Å². The van der Waals surface area contributed by atoms with Crippen LogP contribution < -0.4 is 5.32 Å². The maximum absolute atomic E-state index is 3.13. The molecule has 0 aliphatic carbocycles. The molecule has 0 unspecified atom stereocenters. The minimum absolute atomic E-state index is 0.595. The van der Waals surface area contributed by atoms with Crippen molar-refractivity contribution in [2.45, 2.75) is 19.9 Å². The molecular formula is C7H12N2V. The predicted molar refractivity (Wildman–Crippen MR) is 39.1 cm³/mol. The summed E-state index contributed by atoms with van der Waals surface area (Å²) in [5.74, 6) is 0. The van der Waals surface area contributed by atoms with Gasteiger partial charge in [-0.1, -0.05) is 0 Å². The molecule has 1 rings (SSSR count). The first-order chi connectivity index (χ1) is 4.70. The zero-order valence-electron chi connectivity index (χ0n) is 6.33. The van der Waals surface area contributed by atoms with Gasteiger partial charge >= 0.3 is 70.4 Å². The molecular weight excluding hydrogens is 163 g/mol. The van der Waals surface area contributed by atoms with Crippen LogP contribution in [0.3, 0.4) is 0 Å². The second-order valence-electron chi connectivity index (χ2n) is 2.67. The Balaban J connectivity index is 2.55. The Bertz CT molecular complexity index is 163. The Morgan fingerprint density at radius 2 is 2.40 bits per heavy atom. The van der Waals surface area contributed by atoms with E-state index in [2.05, 4.69) is 47.2 Å². The van der Waals surface area contributed by atoms with E-state index >= 15 is 0 Å². The normalized spacial score (nSPS) is 17.8. The van der Waals surface area contributed by atoms with Crippen molar-refractivity contribution in [3.05, 3.63) is 12.4 Å². The number of nitrogens with one attached hydrogen (secondary N) is 1. The quantitative estimate of drug-likeness (QED) is 0.622. The van der Waals surface area contributed by atoms with Crippen LogP contribution in [0.5, 0.6) is 0 Å². The molecule has 0 fully saturated rings. The van der Waals surface area contributed by atoms with E-state index in [4.69, 9.17) is 0 Å². The zero-order chi connectivity index (χ0) is 7.56. The average molecular weight is 175 g/mol. The second-order valence-corrected chi connectivity index (χ2v) is 3.52. The molecule has 10 heavy (non-hydrogen) atoms. The van der Waals surface area contributed by atoms with Crippen LogP contribution in [-0.2, 0) is 17.0 Å². The molecule has 3 heteroatoms. The number of nitrogens with zero attached hydrogens (tertiary/aromatic N) is 1. The third kappa shape index (κ3) is 1.89. The Labute approximate surface area is 70.8 Å². The molecule has 0 spiro atoms. The van der Waals surface area contributed by atoms with Crippen molar-refractivity contribution in [3.63, 3.8) is 0 Å². The SMILES string of the molecule is CC(C)N1C=CN[C](=[V])C1. The number of rotatable bonds is 1. The number of hydrogen-bond acceptors (Lipinski definition) is 2. The molecule has 1 aliphatic heterocycles. The molecule has 0 saturated carbocycles. The van der Waals surface area contributed by atoms with Crippen LogP contribution in [0.1, 0.15) is 13.8 Å². The van der Waals surface area contributed by atoms with E-state index in [1.807, 2.05) is 6.20 Å². The molecule has 55 valence electrons. The predicted octanol–water partition coefficient (Wildman–Crippen LogP) is 0.448. The van der Waals surface area contributed by atoms with Crippen molar-refractivity contribution in [2.75, 3.05) is 6.54 Å². The molecule has 0 saturated heterocycles. The van der Waals surface area contributed by atoms with Gasteiger partial charge in [-0.05, 0) is 0 Å². The zero-order valence-corrected chi connectivity index (χ0v) is 7.73. The van der Waals surface area contributed by atoms with Crippen molar-refractivity contribution in [2.24, 2.45) is 0 Å². The van der Waals surface area contributed by atoms with Crippen molar-refractivity contribution < 1.29 is 17.0 Å². The molecule has 0 aromatic rings. The summed E-state index contributed by atoms with van der Waals surface area (Å²) in [6.45, 7) is 5.39. The summed E-state index contributed by atoms with van der Waals surface area (Å²) in [5.41, 5.74) is 0. The molecule has 0 aromatic heterocycles. The van der Waals surface area contributed by atoms with Gasteiger partial charge in [-0.15, -0.1) is 0 Å². The van der Waals surface area contributed by atoms with E-state index in [9.17, 15) is 0 Å². The molecule has 1 heterocycles. The fraction of sp³-hybridized carbons (Fsp3) is 0.571. The van der Waals surface area contributed by atoms with E-state index in [0.29, 0.717) is 6.04 Å². The summed E-state index contributed by atoms with van der Waals surface area (Å²) in [4.78, 5) is 2.28. The Morgan fingerprint density at radius 1 is 1.70 bits per heavy atom. The van der Waals surface area contributed by atoms with Gasteiger partial charge in [0.15, 0.2) is 0 Å². The van der Waals surface area contributed by atoms with Crippen LogP contribution in [-0.4, -0.2) is 21.8 Å². The average Bonchev–Trinajstić information content (AvgIpc) is 1.88. The standard InChI is InChI=1S/C7H12N2.V/c1-7(2)9-5-3-8-4-6-9;/h3,5,7-8H,6H2,1-2H3;. The molecule has 2 nitrogen and oxygen atoms in total. The van der Waals surface area contributed by atoms with Crippen molar-refractivity contribution in [1.82, 2.24) is 10.2 Å². The maximum atomic E-state index is 3.13. The molecule has 1 N–H and O–H groups in total. The Kier molecular flexibility index (Phi) is 2.58. The van der Waals surface area contributed by atoms with Gasteiger partial charge in [0.25, 0.3) is 0 Å². The molecule has 0 atom stereocenters. The van der Waals surface area contributed by atoms with Gasteiger partial charge < -0.3 is 0 Å². The molecule has 0 radical (unpaired) electrons. The first-order valence-electron chi connectivity index (χ1n) is 3.44. The van der Waals surface area contributed by atoms with Crippen molar-refractivity contribution >= 4 is 4.35 Å². The summed E-state index contributed by atoms with van der Waals surface area (Å²) < 4.78 is 1.25. The topological polar surface area (TPSA) is 15.3 Å². The molecule has 0 bridgehead atoms. The van der Waals surface area contributed by atoms with Crippen molar-refractivity contribution in [1.29, 1.82) is 0 Å². The van der Waals surface area contributed by atoms with Gasteiger partial charge in [-0.2, -0.15) is 0 Å². The van der Waals surface area contributed by atoms with Crippen LogP contribution in [0.2, 0.25) is 0 Å². The summed E-state index contributed by atoms with van der Waals surface area (Å²) in [5, 5.41) is 3.13. The Morgan fingerprint density at radius 3 is 2.80 bits per heavy atom. The summed E-state index contributed by atoms with van der Waals surface area (Å²) in [6, 6.07) is 0.595. The molecule has 0 amide bonds. The van der Waals surface area contributed by atoms with Crippen LogP contribution in [0.4, 0.5) is 0 Å². The number of hydrogen-bond donors (Lipinski definition) is 1. The van der Waals surface area contributed by atoms with E-state index in [-0.39, 0.29) is 0 Å². The van der Waals surface area contributed by atoms with Gasteiger partial charge in [0.2, 0.25) is 0 Å². The monoisotopic (exact) mass is 175 g/mol. The molecule has 1 aliphatic rings. The van der Waals surface area contributed by atoms with Gasteiger partial charge in [-0.25, -0.2) is 0 Å². The van der Waals surface area contributed by atoms with Crippen molar-refractivity contribution in [3.8, 4) is 0 Å². The first-order valence-corrected chi connectivity index (χ1v) is 4.13. The summed E-state index contributed by atoms with van der Waals surface area (Å²) in [7, 11) is 0. The first kappa shape index (κ1) is 7.90. The van der Waals surface area contributed by atoms with Crippen LogP contribution in [0.25, 0.3) is 0 Å². The third-order valence-electron chi connectivity index (χ3n) is 1.51. The fourth-order valence-electron chi connectivity index (χ4n) is 0.855.